The molecule has 0 fully saturated rings. The van der Waals surface area contributed by atoms with Crippen molar-refractivity contribution in [1.82, 2.24) is 0 Å². The third-order valence-corrected chi connectivity index (χ3v) is 2.62. The Balaban J connectivity index is 2.32. The number of para-hydroxylation sites is 1. The minimum atomic E-state index is -0.548. The maximum atomic E-state index is 11.1. The maximum Gasteiger partial charge on any atom is 0.278 e. The van der Waals surface area contributed by atoms with Crippen LogP contribution >= 0.6 is 0 Å². The lowest BCUT2D eigenvalue weighted by Gasteiger charge is -1.98. The number of benzene rings is 2. The monoisotopic (exact) mass is 269 g/mol. The lowest BCUT2D eigenvalue weighted by molar-refractivity contribution is -0.385. The molecule has 0 aromatic heterocycles. The van der Waals surface area contributed by atoms with Crippen molar-refractivity contribution in [1.29, 1.82) is 0 Å². The zero-order valence-electron chi connectivity index (χ0n) is 10.4. The largest absolute Gasteiger partial charge is 0.366 e. The number of amides is 1. The van der Waals surface area contributed by atoms with Gasteiger partial charge < -0.3 is 5.73 Å². The second kappa shape index (κ2) is 5.75. The zero-order valence-corrected chi connectivity index (χ0v) is 10.4. The SMILES string of the molecule is NC(=O)c1cccc(N=Cc2ccccc2[N+](=O)[O-])c1. The van der Waals surface area contributed by atoms with Crippen LogP contribution in [-0.2, 0) is 0 Å². The minimum absolute atomic E-state index is 0.0256. The standard InChI is InChI=1S/C14H11N3O3/c15-14(18)10-5-3-6-12(8-10)16-9-11-4-1-2-7-13(11)17(19)20/h1-9H,(H2,15,18). The van der Waals surface area contributed by atoms with Gasteiger partial charge in [-0.1, -0.05) is 18.2 Å². The maximum absolute atomic E-state index is 11.1. The first-order valence-corrected chi connectivity index (χ1v) is 5.75. The molecular formula is C14H11N3O3. The molecule has 6 heteroatoms. The van der Waals surface area contributed by atoms with Crippen molar-refractivity contribution >= 4 is 23.5 Å². The van der Waals surface area contributed by atoms with Crippen LogP contribution in [0, 0.1) is 10.1 Å². The van der Waals surface area contributed by atoms with Gasteiger partial charge in [0.15, 0.2) is 0 Å². The molecule has 1 amide bonds. The van der Waals surface area contributed by atoms with E-state index in [9.17, 15) is 14.9 Å². The van der Waals surface area contributed by atoms with Crippen molar-refractivity contribution < 1.29 is 9.72 Å². The summed E-state index contributed by atoms with van der Waals surface area (Å²) in [5.74, 6) is -0.548. The first kappa shape index (κ1) is 13.4. The van der Waals surface area contributed by atoms with Crippen molar-refractivity contribution in [2.75, 3.05) is 0 Å². The van der Waals surface area contributed by atoms with Crippen LogP contribution in [0.15, 0.2) is 53.5 Å². The Morgan fingerprint density at radius 3 is 2.65 bits per heavy atom. The first-order chi connectivity index (χ1) is 9.58. The number of carbonyl (C=O) groups excluding carboxylic acids is 1. The Morgan fingerprint density at radius 2 is 1.95 bits per heavy atom. The smallest absolute Gasteiger partial charge is 0.278 e. The number of primary amides is 1. The molecule has 0 aliphatic heterocycles. The Bertz CT molecular complexity index is 696. The molecule has 0 saturated heterocycles. The summed E-state index contributed by atoms with van der Waals surface area (Å²) in [6.45, 7) is 0. The summed E-state index contributed by atoms with van der Waals surface area (Å²) in [4.78, 5) is 25.6. The molecule has 2 rings (SSSR count). The van der Waals surface area contributed by atoms with Crippen LogP contribution in [0.4, 0.5) is 11.4 Å². The van der Waals surface area contributed by atoms with Crippen LogP contribution in [0.5, 0.6) is 0 Å². The van der Waals surface area contributed by atoms with Crippen molar-refractivity contribution in [2.24, 2.45) is 10.7 Å². The molecular weight excluding hydrogens is 258 g/mol. The molecule has 0 heterocycles. The molecule has 0 aliphatic carbocycles. The number of nitro groups is 1. The van der Waals surface area contributed by atoms with Gasteiger partial charge in [0, 0.05) is 17.8 Å². The summed E-state index contributed by atoms with van der Waals surface area (Å²) < 4.78 is 0. The highest BCUT2D eigenvalue weighted by Crippen LogP contribution is 2.18. The van der Waals surface area contributed by atoms with E-state index in [4.69, 9.17) is 5.73 Å². The molecule has 20 heavy (non-hydrogen) atoms. The Kier molecular flexibility index (Phi) is 3.85. The van der Waals surface area contributed by atoms with E-state index in [1.165, 1.54) is 18.3 Å². The van der Waals surface area contributed by atoms with Gasteiger partial charge in [-0.2, -0.15) is 0 Å². The Labute approximate surface area is 114 Å². The summed E-state index contributed by atoms with van der Waals surface area (Å²) in [5, 5.41) is 10.9. The lowest BCUT2D eigenvalue weighted by Crippen LogP contribution is -2.10. The van der Waals surface area contributed by atoms with Crippen LogP contribution in [0.25, 0.3) is 0 Å². The summed E-state index contributed by atoms with van der Waals surface area (Å²) in [6.07, 6.45) is 1.39. The predicted molar refractivity (Wildman–Crippen MR) is 75.3 cm³/mol. The van der Waals surface area contributed by atoms with Gasteiger partial charge in [-0.15, -0.1) is 0 Å². The Hall–Kier alpha value is -3.02. The van der Waals surface area contributed by atoms with Gasteiger partial charge in [0.1, 0.15) is 0 Å². The topological polar surface area (TPSA) is 98.6 Å². The highest BCUT2D eigenvalue weighted by Gasteiger charge is 2.09. The molecule has 0 spiro atoms. The molecule has 0 saturated carbocycles. The van der Waals surface area contributed by atoms with Crippen LogP contribution in [0.2, 0.25) is 0 Å². The van der Waals surface area contributed by atoms with Gasteiger partial charge in [-0.05, 0) is 24.3 Å². The third kappa shape index (κ3) is 3.05. The fourth-order valence-corrected chi connectivity index (χ4v) is 1.65. The molecule has 0 atom stereocenters. The number of aliphatic imine (C=N–C) groups is 1. The van der Waals surface area contributed by atoms with E-state index in [2.05, 4.69) is 4.99 Å². The first-order valence-electron chi connectivity index (χ1n) is 5.75. The highest BCUT2D eigenvalue weighted by molar-refractivity contribution is 5.94. The minimum Gasteiger partial charge on any atom is -0.366 e. The summed E-state index contributed by atoms with van der Waals surface area (Å²) in [5.41, 5.74) is 6.37. The molecule has 2 N–H and O–H groups in total. The van der Waals surface area contributed by atoms with Crippen molar-refractivity contribution in [3.8, 4) is 0 Å². The number of nitro benzene ring substituents is 1. The van der Waals surface area contributed by atoms with E-state index in [0.717, 1.165) is 0 Å². The third-order valence-electron chi connectivity index (χ3n) is 2.62. The summed E-state index contributed by atoms with van der Waals surface area (Å²) in [7, 11) is 0. The lowest BCUT2D eigenvalue weighted by atomic mass is 10.2. The van der Waals surface area contributed by atoms with Gasteiger partial charge in [-0.3, -0.25) is 19.9 Å². The molecule has 2 aromatic carbocycles. The van der Waals surface area contributed by atoms with E-state index in [-0.39, 0.29) is 5.69 Å². The number of hydrogen-bond donors (Lipinski definition) is 1. The van der Waals surface area contributed by atoms with Gasteiger partial charge in [0.2, 0.25) is 5.91 Å². The zero-order chi connectivity index (χ0) is 14.5. The number of carbonyl (C=O) groups is 1. The van der Waals surface area contributed by atoms with Crippen LogP contribution in [-0.4, -0.2) is 17.0 Å². The van der Waals surface area contributed by atoms with E-state index in [0.29, 0.717) is 16.8 Å². The number of rotatable bonds is 4. The normalized spacial score (nSPS) is 10.6. The fraction of sp³-hybridized carbons (Fsp3) is 0. The molecule has 0 radical (unpaired) electrons. The van der Waals surface area contributed by atoms with Crippen LogP contribution in [0.3, 0.4) is 0 Å². The van der Waals surface area contributed by atoms with Gasteiger partial charge in [0.05, 0.1) is 16.2 Å². The van der Waals surface area contributed by atoms with Gasteiger partial charge in [-0.25, -0.2) is 0 Å². The quantitative estimate of drug-likeness (QED) is 0.524. The average molecular weight is 269 g/mol. The van der Waals surface area contributed by atoms with Crippen molar-refractivity contribution in [2.45, 2.75) is 0 Å². The van der Waals surface area contributed by atoms with E-state index < -0.39 is 10.8 Å². The number of nitrogens with zero attached hydrogens (tertiary/aromatic N) is 2. The van der Waals surface area contributed by atoms with Crippen LogP contribution in [0.1, 0.15) is 15.9 Å². The molecule has 0 unspecified atom stereocenters. The van der Waals surface area contributed by atoms with E-state index in [1.54, 1.807) is 36.4 Å². The average Bonchev–Trinajstić information content (AvgIpc) is 2.45. The molecule has 100 valence electrons. The molecule has 6 nitrogen and oxygen atoms in total. The van der Waals surface area contributed by atoms with Crippen molar-refractivity contribution in [3.05, 3.63) is 69.8 Å². The Morgan fingerprint density at radius 1 is 1.20 bits per heavy atom. The fourth-order valence-electron chi connectivity index (χ4n) is 1.65. The second-order valence-corrected chi connectivity index (χ2v) is 3.99. The molecule has 0 aliphatic rings. The number of nitrogens with two attached hydrogens (primary N) is 1. The summed E-state index contributed by atoms with van der Waals surface area (Å²) >= 11 is 0. The van der Waals surface area contributed by atoms with E-state index in [1.807, 2.05) is 0 Å². The highest BCUT2D eigenvalue weighted by atomic mass is 16.6. The summed E-state index contributed by atoms with van der Waals surface area (Å²) in [6, 6.07) is 12.7. The number of hydrogen-bond acceptors (Lipinski definition) is 4. The molecule has 0 bridgehead atoms. The second-order valence-electron chi connectivity index (χ2n) is 3.99. The van der Waals surface area contributed by atoms with Crippen LogP contribution < -0.4 is 5.73 Å². The van der Waals surface area contributed by atoms with Gasteiger partial charge in [0.25, 0.3) is 5.69 Å². The van der Waals surface area contributed by atoms with E-state index >= 15 is 0 Å². The van der Waals surface area contributed by atoms with Gasteiger partial charge >= 0.3 is 0 Å². The predicted octanol–water partition coefficient (Wildman–Crippen LogP) is 2.44. The van der Waals surface area contributed by atoms with Crippen molar-refractivity contribution in [3.63, 3.8) is 0 Å². The molecule has 2 aromatic rings.